The molecular formula is C31H35N3O7. The zero-order chi connectivity index (χ0) is 29.3. The van der Waals surface area contributed by atoms with E-state index in [1.807, 2.05) is 17.6 Å². The number of carbonyl (C=O) groups is 1. The van der Waals surface area contributed by atoms with Crippen molar-refractivity contribution in [3.8, 4) is 17.2 Å². The number of benzene rings is 1. The minimum absolute atomic E-state index is 0.0180. The van der Waals surface area contributed by atoms with Crippen molar-refractivity contribution >= 4 is 5.91 Å². The van der Waals surface area contributed by atoms with Gasteiger partial charge in [0.05, 0.1) is 19.6 Å². The zero-order valence-electron chi connectivity index (χ0n) is 23.3. The fourth-order valence-electron chi connectivity index (χ4n) is 6.08. The number of pyridine rings is 1. The van der Waals surface area contributed by atoms with Crippen LogP contribution in [-0.2, 0) is 17.9 Å². The molecule has 0 saturated carbocycles. The Balaban J connectivity index is 1.49. The molecule has 0 radical (unpaired) electrons. The van der Waals surface area contributed by atoms with E-state index in [1.54, 1.807) is 30.3 Å². The van der Waals surface area contributed by atoms with E-state index in [0.717, 1.165) is 24.2 Å². The summed E-state index contributed by atoms with van der Waals surface area (Å²) in [5, 5.41) is 10.9. The van der Waals surface area contributed by atoms with Crippen LogP contribution in [0.25, 0.3) is 0 Å². The van der Waals surface area contributed by atoms with E-state index in [0.29, 0.717) is 42.5 Å². The Morgan fingerprint density at radius 2 is 1.98 bits per heavy atom. The molecule has 3 atom stereocenters. The van der Waals surface area contributed by atoms with Crippen molar-refractivity contribution in [2.45, 2.75) is 44.7 Å². The van der Waals surface area contributed by atoms with Gasteiger partial charge in [-0.2, -0.15) is 0 Å². The van der Waals surface area contributed by atoms with Gasteiger partial charge in [0.1, 0.15) is 12.4 Å². The summed E-state index contributed by atoms with van der Waals surface area (Å²) in [7, 11) is 1.50. The van der Waals surface area contributed by atoms with Crippen LogP contribution in [0.2, 0.25) is 0 Å². The van der Waals surface area contributed by atoms with E-state index in [4.69, 9.17) is 19.6 Å². The van der Waals surface area contributed by atoms with Crippen molar-refractivity contribution < 1.29 is 23.8 Å². The SMILES string of the molecule is C=C(C)COc1c(OC)cccc1[C@H](CC(N)=O)c1oc(CN2C[C@H]3C[C@@H](C2)c2cccc(=O)n2C3)cc(=O)c1O. The Bertz CT molecular complexity index is 1590. The van der Waals surface area contributed by atoms with Crippen LogP contribution in [0.5, 0.6) is 17.2 Å². The summed E-state index contributed by atoms with van der Waals surface area (Å²) in [6, 6.07) is 11.8. The average molecular weight is 562 g/mol. The predicted octanol–water partition coefficient (Wildman–Crippen LogP) is 3.10. The van der Waals surface area contributed by atoms with Crippen LogP contribution < -0.4 is 26.2 Å². The number of methoxy groups -OCH3 is 1. The van der Waals surface area contributed by atoms with Gasteiger partial charge in [-0.15, -0.1) is 0 Å². The number of nitrogens with zero attached hydrogens (tertiary/aromatic N) is 2. The first-order valence-corrected chi connectivity index (χ1v) is 13.6. The highest BCUT2D eigenvalue weighted by Crippen LogP contribution is 2.42. The lowest BCUT2D eigenvalue weighted by atomic mass is 9.83. The van der Waals surface area contributed by atoms with E-state index in [-0.39, 0.29) is 36.2 Å². The number of likely N-dealkylation sites (tertiary alicyclic amines) is 1. The number of fused-ring (bicyclic) bond motifs is 4. The molecule has 3 aromatic rings. The van der Waals surface area contributed by atoms with Gasteiger partial charge in [0, 0.05) is 55.4 Å². The Hall–Kier alpha value is -4.31. The van der Waals surface area contributed by atoms with Crippen LogP contribution in [-0.4, -0.2) is 47.3 Å². The van der Waals surface area contributed by atoms with Gasteiger partial charge < -0.3 is 29.3 Å². The van der Waals surface area contributed by atoms with Crippen molar-refractivity contribution in [3.63, 3.8) is 0 Å². The van der Waals surface area contributed by atoms with E-state index in [9.17, 15) is 19.5 Å². The first kappa shape index (κ1) is 28.2. The lowest BCUT2D eigenvalue weighted by molar-refractivity contribution is -0.118. The maximum atomic E-state index is 13.0. The normalized spacial score (nSPS) is 18.8. The number of piperidine rings is 1. The van der Waals surface area contributed by atoms with Gasteiger partial charge >= 0.3 is 0 Å². The summed E-state index contributed by atoms with van der Waals surface area (Å²) in [5.41, 5.74) is 7.30. The number of primary amides is 1. The molecule has 5 rings (SSSR count). The molecular weight excluding hydrogens is 526 g/mol. The van der Waals surface area contributed by atoms with Crippen molar-refractivity contribution in [3.05, 3.63) is 98.0 Å². The van der Waals surface area contributed by atoms with Crippen LogP contribution in [0.1, 0.15) is 54.4 Å². The molecule has 0 unspecified atom stereocenters. The molecule has 3 N–H and O–H groups in total. The summed E-state index contributed by atoms with van der Waals surface area (Å²) in [4.78, 5) is 39.8. The lowest BCUT2D eigenvalue weighted by Crippen LogP contribution is -2.46. The minimum atomic E-state index is -0.908. The van der Waals surface area contributed by atoms with Crippen LogP contribution in [0.3, 0.4) is 0 Å². The second kappa shape index (κ2) is 11.7. The number of carbonyl (C=O) groups excluding carboxylic acids is 1. The van der Waals surface area contributed by atoms with Crippen molar-refractivity contribution in [2.75, 3.05) is 26.8 Å². The largest absolute Gasteiger partial charge is 0.502 e. The van der Waals surface area contributed by atoms with Gasteiger partial charge in [0.2, 0.25) is 17.1 Å². The highest BCUT2D eigenvalue weighted by Gasteiger charge is 2.35. The van der Waals surface area contributed by atoms with Crippen molar-refractivity contribution in [1.82, 2.24) is 9.47 Å². The first-order chi connectivity index (χ1) is 19.6. The highest BCUT2D eigenvalue weighted by atomic mass is 16.5. The molecule has 1 saturated heterocycles. The van der Waals surface area contributed by atoms with E-state index >= 15 is 0 Å². The fraction of sp³-hybridized carbons (Fsp3) is 0.387. The second-order valence-electron chi connectivity index (χ2n) is 11.0. The quantitative estimate of drug-likeness (QED) is 0.360. The average Bonchev–Trinajstić information content (AvgIpc) is 2.93. The van der Waals surface area contributed by atoms with Crippen LogP contribution in [0.4, 0.5) is 0 Å². The summed E-state index contributed by atoms with van der Waals surface area (Å²) >= 11 is 0. The van der Waals surface area contributed by atoms with E-state index in [1.165, 1.54) is 13.2 Å². The number of hydrogen-bond donors (Lipinski definition) is 2. The molecule has 2 aliphatic rings. The maximum Gasteiger partial charge on any atom is 0.250 e. The van der Waals surface area contributed by atoms with Gasteiger partial charge in [-0.25, -0.2) is 0 Å². The smallest absolute Gasteiger partial charge is 0.250 e. The molecule has 2 bridgehead atoms. The Labute approximate surface area is 237 Å². The fourth-order valence-corrected chi connectivity index (χ4v) is 6.08. The molecule has 1 aromatic carbocycles. The van der Waals surface area contributed by atoms with Crippen molar-refractivity contribution in [2.24, 2.45) is 11.7 Å². The Kier molecular flexibility index (Phi) is 8.03. The number of nitrogens with two attached hydrogens (primary N) is 1. The number of aromatic nitrogens is 1. The molecule has 0 spiro atoms. The lowest BCUT2D eigenvalue weighted by Gasteiger charge is -2.42. The standard InChI is InChI=1S/C31H35N3O7/c1-18(2)17-40-30-22(6-4-8-26(30)39-3)23(12-27(32)36)31-29(38)25(35)11-21(41-31)16-33-13-19-10-20(15-33)24-7-5-9-28(37)34(24)14-19/h4-9,11,19-20,23,38H,1,10,12-17H2,2-3H3,(H2,32,36)/t19-,20+,23+/m1/s1. The Morgan fingerprint density at radius 3 is 2.71 bits per heavy atom. The summed E-state index contributed by atoms with van der Waals surface area (Å²) in [5.74, 6) is -0.612. The van der Waals surface area contributed by atoms with E-state index in [2.05, 4.69) is 11.5 Å². The van der Waals surface area contributed by atoms with Crippen LogP contribution >= 0.6 is 0 Å². The van der Waals surface area contributed by atoms with Crippen LogP contribution in [0.15, 0.2) is 68.6 Å². The van der Waals surface area contributed by atoms with Gasteiger partial charge in [0.15, 0.2) is 17.3 Å². The van der Waals surface area contributed by atoms with Crippen LogP contribution in [0, 0.1) is 5.92 Å². The molecule has 41 heavy (non-hydrogen) atoms. The molecule has 2 aromatic heterocycles. The van der Waals surface area contributed by atoms with Crippen molar-refractivity contribution in [1.29, 1.82) is 0 Å². The number of ether oxygens (including phenoxy) is 2. The number of aromatic hydroxyl groups is 1. The molecule has 4 heterocycles. The number of amides is 1. The third-order valence-electron chi connectivity index (χ3n) is 7.72. The van der Waals surface area contributed by atoms with Gasteiger partial charge in [-0.05, 0) is 37.0 Å². The minimum Gasteiger partial charge on any atom is -0.502 e. The molecule has 10 heteroatoms. The number of rotatable bonds is 10. The molecule has 216 valence electrons. The first-order valence-electron chi connectivity index (χ1n) is 13.6. The third-order valence-corrected chi connectivity index (χ3v) is 7.72. The third kappa shape index (κ3) is 5.92. The molecule has 1 fully saturated rings. The summed E-state index contributed by atoms with van der Waals surface area (Å²) < 4.78 is 19.6. The highest BCUT2D eigenvalue weighted by molar-refractivity contribution is 5.76. The number of hydrogen-bond acceptors (Lipinski definition) is 8. The van der Waals surface area contributed by atoms with Gasteiger partial charge in [0.25, 0.3) is 5.56 Å². The van der Waals surface area contributed by atoms with Gasteiger partial charge in [-0.1, -0.05) is 24.8 Å². The number of para-hydroxylation sites is 1. The summed E-state index contributed by atoms with van der Waals surface area (Å²) in [6.45, 7) is 8.29. The Morgan fingerprint density at radius 1 is 1.20 bits per heavy atom. The predicted molar refractivity (Wildman–Crippen MR) is 152 cm³/mol. The molecule has 2 aliphatic heterocycles. The van der Waals surface area contributed by atoms with Gasteiger partial charge in [-0.3, -0.25) is 19.3 Å². The monoisotopic (exact) mass is 561 g/mol. The molecule has 10 nitrogen and oxygen atoms in total. The summed E-state index contributed by atoms with van der Waals surface area (Å²) in [6.07, 6.45) is 0.754. The maximum absolute atomic E-state index is 13.0. The zero-order valence-corrected chi connectivity index (χ0v) is 23.3. The van der Waals surface area contributed by atoms with E-state index < -0.39 is 23.0 Å². The molecule has 1 amide bonds. The molecule has 0 aliphatic carbocycles. The second-order valence-corrected chi connectivity index (χ2v) is 11.0. The topological polar surface area (TPSA) is 137 Å².